The normalized spacial score (nSPS) is 16.6. The molecule has 2 aliphatic rings. The molecule has 34 heavy (non-hydrogen) atoms. The van der Waals surface area contributed by atoms with Gasteiger partial charge in [0.15, 0.2) is 0 Å². The quantitative estimate of drug-likeness (QED) is 0.640. The van der Waals surface area contributed by atoms with E-state index in [1.54, 1.807) is 7.11 Å². The van der Waals surface area contributed by atoms with Crippen LogP contribution in [0.25, 0.3) is 0 Å². The minimum Gasteiger partial charge on any atom is -0.495 e. The first kappa shape index (κ1) is 23.9. The number of nitrogens with zero attached hydrogens (tertiary/aromatic N) is 2. The highest BCUT2D eigenvalue weighted by Crippen LogP contribution is 2.32. The smallest absolute Gasteiger partial charge is 0.253 e. The summed E-state index contributed by atoms with van der Waals surface area (Å²) >= 11 is 0. The third kappa shape index (κ3) is 5.46. The fourth-order valence-electron chi connectivity index (χ4n) is 4.92. The van der Waals surface area contributed by atoms with Crippen LogP contribution in [0.1, 0.15) is 49.9 Å². The average Bonchev–Trinajstić information content (AvgIpc) is 3.39. The Hall–Kier alpha value is -3.22. The van der Waals surface area contributed by atoms with Crippen LogP contribution in [0, 0.1) is 5.92 Å². The van der Waals surface area contributed by atoms with Gasteiger partial charge in [-0.15, -0.1) is 0 Å². The summed E-state index contributed by atoms with van der Waals surface area (Å²) < 4.78 is 5.54. The molecule has 0 spiro atoms. The highest BCUT2D eigenvalue weighted by atomic mass is 16.5. The van der Waals surface area contributed by atoms with Gasteiger partial charge in [0.25, 0.3) is 5.91 Å². The first-order valence-electron chi connectivity index (χ1n) is 12.3. The van der Waals surface area contributed by atoms with Crippen LogP contribution < -0.4 is 25.2 Å². The topological polar surface area (TPSA) is 73.9 Å². The van der Waals surface area contributed by atoms with Crippen LogP contribution in [0.4, 0.5) is 17.1 Å². The molecular formula is C27H36N4O3. The monoisotopic (exact) mass is 464 g/mol. The second kappa shape index (κ2) is 10.8. The molecule has 1 saturated heterocycles. The number of para-hydroxylation sites is 2. The molecule has 2 fully saturated rings. The number of benzene rings is 2. The molecule has 1 aliphatic heterocycles. The number of hydrogen-bond donors (Lipinski definition) is 2. The molecule has 0 unspecified atom stereocenters. The minimum absolute atomic E-state index is 0.0273. The van der Waals surface area contributed by atoms with Crippen LogP contribution in [0.3, 0.4) is 0 Å². The molecule has 4 rings (SSSR count). The highest BCUT2D eigenvalue weighted by Gasteiger charge is 2.26. The number of hydrogen-bond acceptors (Lipinski definition) is 5. The average molecular weight is 465 g/mol. The molecule has 2 aromatic rings. The zero-order valence-corrected chi connectivity index (χ0v) is 20.5. The van der Waals surface area contributed by atoms with Crippen molar-refractivity contribution in [3.05, 3.63) is 48.0 Å². The van der Waals surface area contributed by atoms with Crippen LogP contribution >= 0.6 is 0 Å². The van der Waals surface area contributed by atoms with E-state index in [-0.39, 0.29) is 23.8 Å². The first-order chi connectivity index (χ1) is 16.5. The molecule has 0 aromatic heterocycles. The number of anilines is 3. The van der Waals surface area contributed by atoms with Crippen molar-refractivity contribution in [1.29, 1.82) is 0 Å². The number of amides is 2. The van der Waals surface area contributed by atoms with Gasteiger partial charge >= 0.3 is 0 Å². The van der Waals surface area contributed by atoms with E-state index >= 15 is 0 Å². The Balaban J connectivity index is 1.52. The lowest BCUT2D eigenvalue weighted by atomic mass is 10.1. The van der Waals surface area contributed by atoms with Crippen molar-refractivity contribution in [1.82, 2.24) is 5.32 Å². The fourth-order valence-corrected chi connectivity index (χ4v) is 4.92. The van der Waals surface area contributed by atoms with E-state index in [2.05, 4.69) is 26.5 Å². The van der Waals surface area contributed by atoms with Gasteiger partial charge in [-0.25, -0.2) is 0 Å². The van der Waals surface area contributed by atoms with Gasteiger partial charge in [-0.2, -0.15) is 0 Å². The summed E-state index contributed by atoms with van der Waals surface area (Å²) in [6.07, 6.45) is 4.11. The van der Waals surface area contributed by atoms with Gasteiger partial charge in [0, 0.05) is 49.5 Å². The molecule has 7 nitrogen and oxygen atoms in total. The zero-order chi connectivity index (χ0) is 24.1. The van der Waals surface area contributed by atoms with Crippen molar-refractivity contribution in [2.75, 3.05) is 48.4 Å². The molecule has 1 saturated carbocycles. The number of methoxy groups -OCH3 is 1. The van der Waals surface area contributed by atoms with E-state index in [1.807, 2.05) is 50.2 Å². The maximum absolute atomic E-state index is 13.1. The Morgan fingerprint density at radius 1 is 0.941 bits per heavy atom. The molecule has 0 radical (unpaired) electrons. The molecule has 0 bridgehead atoms. The summed E-state index contributed by atoms with van der Waals surface area (Å²) in [4.78, 5) is 30.3. The third-order valence-electron chi connectivity index (χ3n) is 6.70. The lowest BCUT2D eigenvalue weighted by Crippen LogP contribution is -2.47. The third-order valence-corrected chi connectivity index (χ3v) is 6.70. The Labute approximate surface area is 202 Å². The summed E-state index contributed by atoms with van der Waals surface area (Å²) in [5, 5.41) is 6.06. The number of ether oxygens (including phenoxy) is 1. The van der Waals surface area contributed by atoms with Crippen molar-refractivity contribution in [3.8, 4) is 5.75 Å². The SMILES string of the molecule is COc1ccccc1N1CCN(c2ccc(NC(=O)C3CCCC3)cc2C(=O)NC(C)C)CC1. The van der Waals surface area contributed by atoms with Crippen molar-refractivity contribution in [2.45, 2.75) is 45.6 Å². The van der Waals surface area contributed by atoms with Crippen LogP contribution in [-0.2, 0) is 4.79 Å². The molecule has 1 aliphatic carbocycles. The summed E-state index contributed by atoms with van der Waals surface area (Å²) in [5.74, 6) is 0.894. The van der Waals surface area contributed by atoms with Crippen molar-refractivity contribution >= 4 is 28.9 Å². The maximum Gasteiger partial charge on any atom is 0.253 e. The number of carbonyl (C=O) groups is 2. The van der Waals surface area contributed by atoms with Gasteiger partial charge < -0.3 is 25.2 Å². The van der Waals surface area contributed by atoms with Gasteiger partial charge in [0.1, 0.15) is 5.75 Å². The first-order valence-corrected chi connectivity index (χ1v) is 12.3. The standard InChI is InChI=1S/C27H36N4O3/c1-19(2)28-27(33)22-18-21(29-26(32)20-8-4-5-9-20)12-13-23(22)30-14-16-31(17-15-30)24-10-6-7-11-25(24)34-3/h6-7,10-13,18-20H,4-5,8-9,14-17H2,1-3H3,(H,28,33)(H,29,32). The van der Waals surface area contributed by atoms with Crippen molar-refractivity contribution in [2.24, 2.45) is 5.92 Å². The maximum atomic E-state index is 13.1. The van der Waals surface area contributed by atoms with Crippen LogP contribution in [-0.4, -0.2) is 51.1 Å². The summed E-state index contributed by atoms with van der Waals surface area (Å²) in [6.45, 7) is 7.13. The number of nitrogens with one attached hydrogen (secondary N) is 2. The molecule has 2 aromatic carbocycles. The van der Waals surface area contributed by atoms with Crippen LogP contribution in [0.5, 0.6) is 5.75 Å². The molecule has 182 valence electrons. The summed E-state index contributed by atoms with van der Waals surface area (Å²) in [5.41, 5.74) is 3.27. The Morgan fingerprint density at radius 2 is 1.59 bits per heavy atom. The molecule has 1 heterocycles. The molecule has 7 heteroatoms. The molecule has 0 atom stereocenters. The van der Waals surface area contributed by atoms with Crippen LogP contribution in [0.15, 0.2) is 42.5 Å². The van der Waals surface area contributed by atoms with E-state index in [0.717, 1.165) is 69.0 Å². The number of carbonyl (C=O) groups excluding carboxylic acids is 2. The Kier molecular flexibility index (Phi) is 7.60. The Bertz CT molecular complexity index is 1010. The van der Waals surface area contributed by atoms with Gasteiger partial charge in [-0.05, 0) is 57.0 Å². The second-order valence-electron chi connectivity index (χ2n) is 9.48. The predicted octanol–water partition coefficient (Wildman–Crippen LogP) is 4.29. The van der Waals surface area contributed by atoms with E-state index in [4.69, 9.17) is 4.74 Å². The number of rotatable bonds is 7. The van der Waals surface area contributed by atoms with Gasteiger partial charge in [-0.3, -0.25) is 9.59 Å². The molecule has 2 amide bonds. The minimum atomic E-state index is -0.117. The van der Waals surface area contributed by atoms with E-state index in [9.17, 15) is 9.59 Å². The van der Waals surface area contributed by atoms with Gasteiger partial charge in [0.05, 0.1) is 18.4 Å². The Morgan fingerprint density at radius 3 is 2.24 bits per heavy atom. The summed E-state index contributed by atoms with van der Waals surface area (Å²) in [6, 6.07) is 13.8. The summed E-state index contributed by atoms with van der Waals surface area (Å²) in [7, 11) is 1.70. The van der Waals surface area contributed by atoms with E-state index < -0.39 is 0 Å². The zero-order valence-electron chi connectivity index (χ0n) is 20.5. The predicted molar refractivity (Wildman–Crippen MR) is 137 cm³/mol. The number of piperazine rings is 1. The largest absolute Gasteiger partial charge is 0.495 e. The molecular weight excluding hydrogens is 428 g/mol. The van der Waals surface area contributed by atoms with Crippen molar-refractivity contribution in [3.63, 3.8) is 0 Å². The lowest BCUT2D eigenvalue weighted by Gasteiger charge is -2.38. The lowest BCUT2D eigenvalue weighted by molar-refractivity contribution is -0.119. The second-order valence-corrected chi connectivity index (χ2v) is 9.48. The van der Waals surface area contributed by atoms with Gasteiger partial charge in [0.2, 0.25) is 5.91 Å². The van der Waals surface area contributed by atoms with Gasteiger partial charge in [-0.1, -0.05) is 25.0 Å². The van der Waals surface area contributed by atoms with E-state index in [1.165, 1.54) is 0 Å². The van der Waals surface area contributed by atoms with E-state index in [0.29, 0.717) is 11.3 Å². The molecule has 2 N–H and O–H groups in total. The van der Waals surface area contributed by atoms with Crippen molar-refractivity contribution < 1.29 is 14.3 Å². The fraction of sp³-hybridized carbons (Fsp3) is 0.481. The van der Waals surface area contributed by atoms with Crippen LogP contribution in [0.2, 0.25) is 0 Å². The highest BCUT2D eigenvalue weighted by molar-refractivity contribution is 6.02.